The number of hydrogen-bond donors (Lipinski definition) is 1. The minimum Gasteiger partial charge on any atom is -0.333 e. The number of hydrogen-bond acceptors (Lipinski definition) is 3. The smallest absolute Gasteiger partial charge is 0.254 e. The van der Waals surface area contributed by atoms with Gasteiger partial charge in [0.25, 0.3) is 5.91 Å². The highest BCUT2D eigenvalue weighted by Crippen LogP contribution is 2.23. The predicted molar refractivity (Wildman–Crippen MR) is 52.1 cm³/mol. The number of amides is 3. The van der Waals surface area contributed by atoms with Crippen LogP contribution in [0.5, 0.6) is 0 Å². The van der Waals surface area contributed by atoms with Crippen molar-refractivity contribution in [3.05, 3.63) is 11.1 Å². The quantitative estimate of drug-likeness (QED) is 0.371. The fourth-order valence-electron chi connectivity index (χ4n) is 1.64. The number of alkyl halides is 1. The molecule has 0 radical (unpaired) electrons. The van der Waals surface area contributed by atoms with Gasteiger partial charge in [-0.2, -0.15) is 0 Å². The molecule has 3 amide bonds. The van der Waals surface area contributed by atoms with E-state index in [9.17, 15) is 14.4 Å². The average Bonchev–Trinajstić information content (AvgIpc) is 2.43. The SMILES string of the molecule is O=C1CC(=C2CN(C(=O)CCl)C2)C(=O)N1. The van der Waals surface area contributed by atoms with E-state index in [1.807, 2.05) is 0 Å². The van der Waals surface area contributed by atoms with E-state index in [0.717, 1.165) is 5.57 Å². The van der Waals surface area contributed by atoms with E-state index in [-0.39, 0.29) is 30.0 Å². The second kappa shape index (κ2) is 3.66. The Morgan fingerprint density at radius 1 is 1.40 bits per heavy atom. The van der Waals surface area contributed by atoms with Gasteiger partial charge in [0, 0.05) is 18.7 Å². The van der Waals surface area contributed by atoms with Crippen LogP contribution in [0.1, 0.15) is 6.42 Å². The van der Waals surface area contributed by atoms with Crippen LogP contribution in [-0.4, -0.2) is 41.6 Å². The van der Waals surface area contributed by atoms with Crippen LogP contribution in [0, 0.1) is 0 Å². The van der Waals surface area contributed by atoms with E-state index in [4.69, 9.17) is 11.6 Å². The first-order valence-electron chi connectivity index (χ1n) is 4.50. The third-order valence-corrected chi connectivity index (χ3v) is 2.75. The summed E-state index contributed by atoms with van der Waals surface area (Å²) in [5.74, 6) is -0.795. The molecule has 0 bridgehead atoms. The van der Waals surface area contributed by atoms with Crippen molar-refractivity contribution in [2.24, 2.45) is 0 Å². The lowest BCUT2D eigenvalue weighted by Crippen LogP contribution is -2.46. The summed E-state index contributed by atoms with van der Waals surface area (Å²) in [7, 11) is 0. The largest absolute Gasteiger partial charge is 0.333 e. The summed E-state index contributed by atoms with van der Waals surface area (Å²) in [5.41, 5.74) is 1.37. The van der Waals surface area contributed by atoms with E-state index in [1.54, 1.807) is 4.90 Å². The van der Waals surface area contributed by atoms with Crippen molar-refractivity contribution < 1.29 is 14.4 Å². The molecule has 0 aliphatic carbocycles. The Kier molecular flexibility index (Phi) is 2.48. The Morgan fingerprint density at radius 2 is 2.07 bits per heavy atom. The van der Waals surface area contributed by atoms with Crippen molar-refractivity contribution >= 4 is 29.3 Å². The standard InChI is InChI=1S/C9H9ClN2O3/c10-2-8(14)12-3-5(4-12)6-1-7(13)11-9(6)15/h1-4H2,(H,11,13,15). The van der Waals surface area contributed by atoms with Gasteiger partial charge in [0.05, 0.1) is 6.42 Å². The number of carbonyl (C=O) groups is 3. The molecule has 80 valence electrons. The molecule has 0 aromatic carbocycles. The van der Waals surface area contributed by atoms with E-state index in [1.165, 1.54) is 0 Å². The zero-order chi connectivity index (χ0) is 11.0. The molecule has 2 rings (SSSR count). The highest BCUT2D eigenvalue weighted by atomic mass is 35.5. The number of likely N-dealkylation sites (tertiary alicyclic amines) is 1. The van der Waals surface area contributed by atoms with Crippen LogP contribution in [0.4, 0.5) is 0 Å². The molecular weight excluding hydrogens is 220 g/mol. The van der Waals surface area contributed by atoms with Crippen molar-refractivity contribution in [2.45, 2.75) is 6.42 Å². The topological polar surface area (TPSA) is 66.5 Å². The molecule has 2 fully saturated rings. The zero-order valence-corrected chi connectivity index (χ0v) is 8.63. The van der Waals surface area contributed by atoms with Crippen molar-refractivity contribution in [1.29, 1.82) is 0 Å². The third-order valence-electron chi connectivity index (χ3n) is 2.52. The molecule has 0 aromatic heterocycles. The molecule has 15 heavy (non-hydrogen) atoms. The minimum absolute atomic E-state index is 0.0479. The van der Waals surface area contributed by atoms with Gasteiger partial charge in [-0.1, -0.05) is 0 Å². The van der Waals surface area contributed by atoms with Gasteiger partial charge in [-0.25, -0.2) is 0 Å². The fourth-order valence-corrected chi connectivity index (χ4v) is 1.81. The van der Waals surface area contributed by atoms with Gasteiger partial charge in [-0.15, -0.1) is 11.6 Å². The minimum atomic E-state index is -0.326. The van der Waals surface area contributed by atoms with Gasteiger partial charge in [-0.05, 0) is 5.57 Å². The summed E-state index contributed by atoms with van der Waals surface area (Å²) in [6.07, 6.45) is 0.136. The Bertz CT molecular complexity index is 381. The molecular formula is C9H9ClN2O3. The van der Waals surface area contributed by atoms with E-state index < -0.39 is 0 Å². The van der Waals surface area contributed by atoms with Gasteiger partial charge in [0.1, 0.15) is 5.88 Å². The Labute approximate surface area is 91.1 Å². The third kappa shape index (κ3) is 1.74. The lowest BCUT2D eigenvalue weighted by Gasteiger charge is -2.34. The number of carbonyl (C=O) groups excluding carboxylic acids is 3. The second-order valence-corrected chi connectivity index (χ2v) is 3.79. The van der Waals surface area contributed by atoms with Crippen LogP contribution in [0.3, 0.4) is 0 Å². The molecule has 2 saturated heterocycles. The van der Waals surface area contributed by atoms with Crippen molar-refractivity contribution in [3.8, 4) is 0 Å². The summed E-state index contributed by atoms with van der Waals surface area (Å²) in [6.45, 7) is 0.836. The van der Waals surface area contributed by atoms with Gasteiger partial charge in [0.15, 0.2) is 0 Å². The molecule has 0 unspecified atom stereocenters. The molecule has 0 saturated carbocycles. The molecule has 2 aliphatic rings. The molecule has 5 nitrogen and oxygen atoms in total. The number of nitrogens with one attached hydrogen (secondary N) is 1. The van der Waals surface area contributed by atoms with E-state index in [2.05, 4.69) is 5.32 Å². The Hall–Kier alpha value is -1.36. The van der Waals surface area contributed by atoms with Gasteiger partial charge >= 0.3 is 0 Å². The summed E-state index contributed by atoms with van der Waals surface area (Å²) in [5, 5.41) is 2.21. The predicted octanol–water partition coefficient (Wildman–Crippen LogP) is -0.590. The lowest BCUT2D eigenvalue weighted by atomic mass is 9.99. The van der Waals surface area contributed by atoms with Crippen molar-refractivity contribution in [2.75, 3.05) is 19.0 Å². The maximum atomic E-state index is 11.2. The maximum Gasteiger partial charge on any atom is 0.254 e. The molecule has 0 spiro atoms. The van der Waals surface area contributed by atoms with Crippen LogP contribution in [-0.2, 0) is 14.4 Å². The number of halogens is 1. The number of nitrogens with zero attached hydrogens (tertiary/aromatic N) is 1. The van der Waals surface area contributed by atoms with Gasteiger partial charge in [-0.3, -0.25) is 19.7 Å². The zero-order valence-electron chi connectivity index (χ0n) is 7.88. The summed E-state index contributed by atoms with van der Waals surface area (Å²) < 4.78 is 0. The van der Waals surface area contributed by atoms with Crippen LogP contribution in [0.25, 0.3) is 0 Å². The summed E-state index contributed by atoms with van der Waals surface area (Å²) >= 11 is 5.38. The first-order valence-corrected chi connectivity index (χ1v) is 5.04. The van der Waals surface area contributed by atoms with Crippen molar-refractivity contribution in [3.63, 3.8) is 0 Å². The van der Waals surface area contributed by atoms with Crippen LogP contribution < -0.4 is 5.32 Å². The Balaban J connectivity index is 2.04. The summed E-state index contributed by atoms with van der Waals surface area (Å²) in [4.78, 5) is 34.8. The first kappa shape index (κ1) is 10.2. The normalized spacial score (nSPS) is 20.5. The monoisotopic (exact) mass is 228 g/mol. The van der Waals surface area contributed by atoms with E-state index in [0.29, 0.717) is 18.7 Å². The molecule has 2 heterocycles. The highest BCUT2D eigenvalue weighted by molar-refractivity contribution is 6.27. The second-order valence-electron chi connectivity index (χ2n) is 3.52. The average molecular weight is 229 g/mol. The maximum absolute atomic E-state index is 11.2. The lowest BCUT2D eigenvalue weighted by molar-refractivity contribution is -0.130. The van der Waals surface area contributed by atoms with Crippen molar-refractivity contribution in [1.82, 2.24) is 10.2 Å². The summed E-state index contributed by atoms with van der Waals surface area (Å²) in [6, 6.07) is 0. The van der Waals surface area contributed by atoms with Crippen LogP contribution >= 0.6 is 11.6 Å². The van der Waals surface area contributed by atoms with Crippen LogP contribution in [0.2, 0.25) is 0 Å². The molecule has 6 heteroatoms. The van der Waals surface area contributed by atoms with E-state index >= 15 is 0 Å². The molecule has 0 atom stereocenters. The van der Waals surface area contributed by atoms with Gasteiger partial charge < -0.3 is 4.90 Å². The van der Waals surface area contributed by atoms with Gasteiger partial charge in [0.2, 0.25) is 11.8 Å². The first-order chi connectivity index (χ1) is 7.11. The number of rotatable bonds is 1. The fraction of sp³-hybridized carbons (Fsp3) is 0.444. The highest BCUT2D eigenvalue weighted by Gasteiger charge is 2.33. The Morgan fingerprint density at radius 3 is 2.53 bits per heavy atom. The molecule has 2 aliphatic heterocycles. The number of imide groups is 1. The molecule has 0 aromatic rings. The molecule has 1 N–H and O–H groups in total. The van der Waals surface area contributed by atoms with Crippen LogP contribution in [0.15, 0.2) is 11.1 Å².